The van der Waals surface area contributed by atoms with E-state index in [0.29, 0.717) is 11.5 Å². The molecular weight excluding hydrogens is 202 g/mol. The summed E-state index contributed by atoms with van der Waals surface area (Å²) < 4.78 is 0. The van der Waals surface area contributed by atoms with E-state index in [0.717, 1.165) is 19.4 Å². The number of piperidine rings is 1. The molecule has 0 aliphatic carbocycles. The highest BCUT2D eigenvalue weighted by Crippen LogP contribution is 2.18. The summed E-state index contributed by atoms with van der Waals surface area (Å²) in [6.45, 7) is 0.985. The highest BCUT2D eigenvalue weighted by molar-refractivity contribution is 5.98. The molecule has 1 aliphatic heterocycles. The Hall–Kier alpha value is -1.42. The first kappa shape index (κ1) is 11.1. The van der Waals surface area contributed by atoms with Gasteiger partial charge in [0.1, 0.15) is 11.5 Å². The third-order valence-electron chi connectivity index (χ3n) is 3.10. The summed E-state index contributed by atoms with van der Waals surface area (Å²) in [7, 11) is 1.99. The minimum absolute atomic E-state index is 0.0250. The van der Waals surface area contributed by atoms with Gasteiger partial charge < -0.3 is 5.73 Å². The number of aromatic nitrogens is 1. The number of nitrogen functional groups attached to an aromatic ring is 1. The molecule has 4 heteroatoms. The second-order valence-corrected chi connectivity index (χ2v) is 4.30. The fraction of sp³-hybridized carbons (Fsp3) is 0.500. The summed E-state index contributed by atoms with van der Waals surface area (Å²) in [6, 6.07) is 5.18. The molecule has 1 unspecified atom stereocenters. The van der Waals surface area contributed by atoms with Crippen LogP contribution in [-0.2, 0) is 0 Å². The Bertz CT molecular complexity index is 392. The molecule has 1 aromatic rings. The summed E-state index contributed by atoms with van der Waals surface area (Å²) in [5.41, 5.74) is 6.07. The fourth-order valence-electron chi connectivity index (χ4n) is 2.17. The van der Waals surface area contributed by atoms with Crippen LogP contribution in [0.15, 0.2) is 18.2 Å². The number of carbonyl (C=O) groups excluding carboxylic acids is 1. The van der Waals surface area contributed by atoms with Gasteiger partial charge in [-0.05, 0) is 38.6 Å². The second-order valence-electron chi connectivity index (χ2n) is 4.30. The third-order valence-corrected chi connectivity index (χ3v) is 3.10. The van der Waals surface area contributed by atoms with Gasteiger partial charge in [0.15, 0.2) is 5.78 Å². The Morgan fingerprint density at radius 1 is 1.50 bits per heavy atom. The van der Waals surface area contributed by atoms with Crippen LogP contribution in [0.2, 0.25) is 0 Å². The summed E-state index contributed by atoms with van der Waals surface area (Å²) >= 11 is 0. The SMILES string of the molecule is CN1CCCCC1C(=O)c1cccc(N)n1. The van der Waals surface area contributed by atoms with Gasteiger partial charge in [0.05, 0.1) is 6.04 Å². The molecule has 1 aliphatic rings. The van der Waals surface area contributed by atoms with Gasteiger partial charge in [-0.15, -0.1) is 0 Å². The second kappa shape index (κ2) is 4.61. The number of rotatable bonds is 2. The van der Waals surface area contributed by atoms with Crippen LogP contribution in [0.4, 0.5) is 5.82 Å². The van der Waals surface area contributed by atoms with Crippen molar-refractivity contribution in [2.75, 3.05) is 19.3 Å². The molecule has 86 valence electrons. The Kier molecular flexibility index (Phi) is 3.19. The first-order chi connectivity index (χ1) is 7.68. The number of nitrogens with zero attached hydrogens (tertiary/aromatic N) is 2. The highest BCUT2D eigenvalue weighted by atomic mass is 16.1. The van der Waals surface area contributed by atoms with E-state index in [1.165, 1.54) is 6.42 Å². The van der Waals surface area contributed by atoms with E-state index in [1.54, 1.807) is 18.2 Å². The lowest BCUT2D eigenvalue weighted by molar-refractivity contribution is 0.0793. The van der Waals surface area contributed by atoms with Gasteiger partial charge in [0, 0.05) is 0 Å². The molecule has 2 N–H and O–H groups in total. The number of nitrogens with two attached hydrogens (primary N) is 1. The van der Waals surface area contributed by atoms with Crippen LogP contribution < -0.4 is 5.73 Å². The topological polar surface area (TPSA) is 59.2 Å². The summed E-state index contributed by atoms with van der Waals surface area (Å²) in [4.78, 5) is 18.4. The number of hydrogen-bond donors (Lipinski definition) is 1. The normalized spacial score (nSPS) is 21.9. The predicted molar refractivity (Wildman–Crippen MR) is 63.2 cm³/mol. The maximum atomic E-state index is 12.2. The first-order valence-corrected chi connectivity index (χ1v) is 5.65. The van der Waals surface area contributed by atoms with Crippen molar-refractivity contribution in [1.82, 2.24) is 9.88 Å². The van der Waals surface area contributed by atoms with E-state index >= 15 is 0 Å². The third kappa shape index (κ3) is 2.22. The van der Waals surface area contributed by atoms with Crippen molar-refractivity contribution in [2.45, 2.75) is 25.3 Å². The molecule has 1 saturated heterocycles. The van der Waals surface area contributed by atoms with E-state index in [9.17, 15) is 4.79 Å². The maximum Gasteiger partial charge on any atom is 0.198 e. The molecule has 0 radical (unpaired) electrons. The Balaban J connectivity index is 2.17. The van der Waals surface area contributed by atoms with Crippen LogP contribution in [0.1, 0.15) is 29.8 Å². The van der Waals surface area contributed by atoms with Crippen LogP contribution in [0.5, 0.6) is 0 Å². The zero-order valence-corrected chi connectivity index (χ0v) is 9.52. The highest BCUT2D eigenvalue weighted by Gasteiger charge is 2.27. The monoisotopic (exact) mass is 219 g/mol. The van der Waals surface area contributed by atoms with Crippen LogP contribution >= 0.6 is 0 Å². The quantitative estimate of drug-likeness (QED) is 0.762. The predicted octanol–water partition coefficient (Wildman–Crippen LogP) is 1.33. The largest absolute Gasteiger partial charge is 0.384 e. The molecule has 2 heterocycles. The fourth-order valence-corrected chi connectivity index (χ4v) is 2.17. The average Bonchev–Trinajstić information content (AvgIpc) is 2.29. The van der Waals surface area contributed by atoms with E-state index in [2.05, 4.69) is 9.88 Å². The first-order valence-electron chi connectivity index (χ1n) is 5.65. The number of likely N-dealkylation sites (tertiary alicyclic amines) is 1. The van der Waals surface area contributed by atoms with Crippen molar-refractivity contribution in [1.29, 1.82) is 0 Å². The molecule has 1 atom stereocenters. The number of likely N-dealkylation sites (N-methyl/N-ethyl adjacent to an activating group) is 1. The number of hydrogen-bond acceptors (Lipinski definition) is 4. The molecular formula is C12H17N3O. The summed E-state index contributed by atoms with van der Waals surface area (Å²) in [6.07, 6.45) is 3.21. The number of Topliss-reactive ketones (excluding diaryl/α,β-unsaturated/α-hetero) is 1. The summed E-state index contributed by atoms with van der Waals surface area (Å²) in [5.74, 6) is 0.499. The molecule has 1 aromatic heterocycles. The standard InChI is InChI=1S/C12H17N3O/c1-15-8-3-2-6-10(15)12(16)9-5-4-7-11(13)14-9/h4-5,7,10H,2-3,6,8H2,1H3,(H2,13,14). The van der Waals surface area contributed by atoms with Crippen LogP contribution in [0, 0.1) is 0 Å². The number of ketones is 1. The lowest BCUT2D eigenvalue weighted by Gasteiger charge is -2.30. The van der Waals surface area contributed by atoms with E-state index in [1.807, 2.05) is 7.05 Å². The zero-order chi connectivity index (χ0) is 11.5. The van der Waals surface area contributed by atoms with Gasteiger partial charge in [0.2, 0.25) is 0 Å². The minimum Gasteiger partial charge on any atom is -0.384 e. The van der Waals surface area contributed by atoms with Crippen molar-refractivity contribution < 1.29 is 4.79 Å². The molecule has 0 spiro atoms. The Morgan fingerprint density at radius 3 is 3.00 bits per heavy atom. The lowest BCUT2D eigenvalue weighted by atomic mass is 9.97. The molecule has 2 rings (SSSR count). The van der Waals surface area contributed by atoms with Crippen LogP contribution in [-0.4, -0.2) is 35.3 Å². The molecule has 4 nitrogen and oxygen atoms in total. The van der Waals surface area contributed by atoms with Gasteiger partial charge in [-0.3, -0.25) is 9.69 Å². The number of carbonyl (C=O) groups is 1. The molecule has 0 bridgehead atoms. The minimum atomic E-state index is -0.0250. The van der Waals surface area contributed by atoms with E-state index in [4.69, 9.17) is 5.73 Å². The van der Waals surface area contributed by atoms with Crippen molar-refractivity contribution >= 4 is 11.6 Å². The Labute approximate surface area is 95.5 Å². The van der Waals surface area contributed by atoms with Gasteiger partial charge in [-0.25, -0.2) is 4.98 Å². The molecule has 0 saturated carbocycles. The smallest absolute Gasteiger partial charge is 0.198 e. The van der Waals surface area contributed by atoms with Crippen molar-refractivity contribution in [3.63, 3.8) is 0 Å². The van der Waals surface area contributed by atoms with Gasteiger partial charge in [0.25, 0.3) is 0 Å². The van der Waals surface area contributed by atoms with E-state index < -0.39 is 0 Å². The van der Waals surface area contributed by atoms with E-state index in [-0.39, 0.29) is 11.8 Å². The zero-order valence-electron chi connectivity index (χ0n) is 9.52. The number of pyridine rings is 1. The molecule has 0 amide bonds. The lowest BCUT2D eigenvalue weighted by Crippen LogP contribution is -2.42. The maximum absolute atomic E-state index is 12.2. The van der Waals surface area contributed by atoms with Gasteiger partial charge in [-0.1, -0.05) is 12.5 Å². The summed E-state index contributed by atoms with van der Waals surface area (Å²) in [5, 5.41) is 0. The molecule has 1 fully saturated rings. The van der Waals surface area contributed by atoms with Crippen molar-refractivity contribution in [2.24, 2.45) is 0 Å². The van der Waals surface area contributed by atoms with Gasteiger partial charge >= 0.3 is 0 Å². The average molecular weight is 219 g/mol. The molecule has 16 heavy (non-hydrogen) atoms. The van der Waals surface area contributed by atoms with Crippen molar-refractivity contribution in [3.8, 4) is 0 Å². The van der Waals surface area contributed by atoms with Crippen molar-refractivity contribution in [3.05, 3.63) is 23.9 Å². The van der Waals surface area contributed by atoms with Crippen LogP contribution in [0.25, 0.3) is 0 Å². The number of anilines is 1. The van der Waals surface area contributed by atoms with Crippen LogP contribution in [0.3, 0.4) is 0 Å². The molecule has 0 aromatic carbocycles. The van der Waals surface area contributed by atoms with Gasteiger partial charge in [-0.2, -0.15) is 0 Å². The Morgan fingerprint density at radius 2 is 2.31 bits per heavy atom.